The first-order chi connectivity index (χ1) is 9.41. The lowest BCUT2D eigenvalue weighted by atomic mass is 10.2. The van der Waals surface area contributed by atoms with Crippen LogP contribution in [0.2, 0.25) is 0 Å². The van der Waals surface area contributed by atoms with Gasteiger partial charge < -0.3 is 19.5 Å². The Kier molecular flexibility index (Phi) is 17.7. The molecule has 0 saturated carbocycles. The van der Waals surface area contributed by atoms with Crippen molar-refractivity contribution < 1.29 is 14.2 Å². The normalized spacial score (nSPS) is 11.1. The van der Waals surface area contributed by atoms with E-state index in [4.69, 9.17) is 14.2 Å². The summed E-state index contributed by atoms with van der Waals surface area (Å²) in [5, 5.41) is 3.37. The summed E-state index contributed by atoms with van der Waals surface area (Å²) >= 11 is 0. The standard InChI is InChI=1S/C15H33NO3/c1-3-5-7-8-16-9-11-18-13-15-19-14-12-17-10-6-4-2/h16H,3-15H2,1-2H3. The first-order valence-corrected chi connectivity index (χ1v) is 7.85. The molecule has 0 radical (unpaired) electrons. The summed E-state index contributed by atoms with van der Waals surface area (Å²) in [6.45, 7) is 10.7. The molecule has 0 atom stereocenters. The zero-order valence-corrected chi connectivity index (χ0v) is 12.9. The van der Waals surface area contributed by atoms with E-state index in [1.165, 1.54) is 25.7 Å². The van der Waals surface area contributed by atoms with Crippen LogP contribution in [0.25, 0.3) is 0 Å². The van der Waals surface area contributed by atoms with Crippen molar-refractivity contribution in [2.45, 2.75) is 46.0 Å². The molecule has 0 aromatic heterocycles. The molecule has 0 bridgehead atoms. The van der Waals surface area contributed by atoms with E-state index in [-0.39, 0.29) is 0 Å². The van der Waals surface area contributed by atoms with Gasteiger partial charge in [-0.05, 0) is 19.4 Å². The smallest absolute Gasteiger partial charge is 0.0701 e. The summed E-state index contributed by atoms with van der Waals surface area (Å²) < 4.78 is 16.3. The van der Waals surface area contributed by atoms with Crippen LogP contribution < -0.4 is 5.32 Å². The second-order valence-corrected chi connectivity index (χ2v) is 4.65. The molecule has 0 heterocycles. The van der Waals surface area contributed by atoms with Gasteiger partial charge in [0, 0.05) is 13.2 Å². The molecule has 4 nitrogen and oxygen atoms in total. The van der Waals surface area contributed by atoms with Gasteiger partial charge >= 0.3 is 0 Å². The summed E-state index contributed by atoms with van der Waals surface area (Å²) in [6.07, 6.45) is 6.16. The van der Waals surface area contributed by atoms with E-state index in [2.05, 4.69) is 19.2 Å². The Hall–Kier alpha value is -0.160. The highest BCUT2D eigenvalue weighted by molar-refractivity contribution is 4.46. The maximum absolute atomic E-state index is 5.46. The number of nitrogens with one attached hydrogen (secondary N) is 1. The molecular weight excluding hydrogens is 242 g/mol. The van der Waals surface area contributed by atoms with Crippen LogP contribution in [-0.4, -0.2) is 52.7 Å². The van der Waals surface area contributed by atoms with Crippen molar-refractivity contribution in [2.24, 2.45) is 0 Å². The average Bonchev–Trinajstić information content (AvgIpc) is 2.43. The predicted octanol–water partition coefficient (Wildman–Crippen LogP) is 2.62. The molecular formula is C15H33NO3. The number of hydrogen-bond acceptors (Lipinski definition) is 4. The van der Waals surface area contributed by atoms with Crippen LogP contribution in [0.5, 0.6) is 0 Å². The molecule has 0 aliphatic heterocycles. The molecule has 0 aromatic rings. The highest BCUT2D eigenvalue weighted by atomic mass is 16.5. The van der Waals surface area contributed by atoms with Gasteiger partial charge in [-0.2, -0.15) is 0 Å². The molecule has 116 valence electrons. The molecule has 4 heteroatoms. The third-order valence-electron chi connectivity index (χ3n) is 2.77. The fourth-order valence-electron chi connectivity index (χ4n) is 1.56. The Balaban J connectivity index is 2.88. The Bertz CT molecular complexity index is 140. The van der Waals surface area contributed by atoms with Gasteiger partial charge in [-0.15, -0.1) is 0 Å². The molecule has 0 unspecified atom stereocenters. The van der Waals surface area contributed by atoms with E-state index in [1.54, 1.807) is 0 Å². The summed E-state index contributed by atoms with van der Waals surface area (Å²) in [7, 11) is 0. The largest absolute Gasteiger partial charge is 0.379 e. The minimum Gasteiger partial charge on any atom is -0.379 e. The van der Waals surface area contributed by atoms with Crippen molar-refractivity contribution in [2.75, 3.05) is 52.7 Å². The molecule has 0 fully saturated rings. The van der Waals surface area contributed by atoms with Crippen LogP contribution in [0.3, 0.4) is 0 Å². The van der Waals surface area contributed by atoms with Crippen molar-refractivity contribution in [1.29, 1.82) is 0 Å². The number of rotatable bonds is 16. The molecule has 0 spiro atoms. The third-order valence-corrected chi connectivity index (χ3v) is 2.77. The molecule has 19 heavy (non-hydrogen) atoms. The van der Waals surface area contributed by atoms with Crippen LogP contribution in [0, 0.1) is 0 Å². The van der Waals surface area contributed by atoms with Gasteiger partial charge in [0.05, 0.1) is 33.0 Å². The van der Waals surface area contributed by atoms with Crippen molar-refractivity contribution in [3.63, 3.8) is 0 Å². The topological polar surface area (TPSA) is 39.7 Å². The molecule has 0 aromatic carbocycles. The van der Waals surface area contributed by atoms with Gasteiger partial charge in [0.25, 0.3) is 0 Å². The van der Waals surface area contributed by atoms with Gasteiger partial charge in [-0.3, -0.25) is 0 Å². The van der Waals surface area contributed by atoms with Gasteiger partial charge in [0.15, 0.2) is 0 Å². The molecule has 0 amide bonds. The fraction of sp³-hybridized carbons (Fsp3) is 1.00. The van der Waals surface area contributed by atoms with Crippen molar-refractivity contribution in [3.05, 3.63) is 0 Å². The molecule has 0 aliphatic carbocycles. The van der Waals surface area contributed by atoms with Gasteiger partial charge in [-0.25, -0.2) is 0 Å². The van der Waals surface area contributed by atoms with Gasteiger partial charge in [0.1, 0.15) is 0 Å². The zero-order chi connectivity index (χ0) is 14.0. The number of unbranched alkanes of at least 4 members (excludes halogenated alkanes) is 3. The maximum Gasteiger partial charge on any atom is 0.0701 e. The molecule has 0 saturated heterocycles. The van der Waals surface area contributed by atoms with Crippen LogP contribution in [0.1, 0.15) is 46.0 Å². The summed E-state index contributed by atoms with van der Waals surface area (Å²) in [5.74, 6) is 0. The first-order valence-electron chi connectivity index (χ1n) is 7.85. The summed E-state index contributed by atoms with van der Waals surface area (Å²) in [6, 6.07) is 0. The van der Waals surface area contributed by atoms with E-state index in [9.17, 15) is 0 Å². The lowest BCUT2D eigenvalue weighted by Gasteiger charge is -2.07. The van der Waals surface area contributed by atoms with Crippen molar-refractivity contribution in [3.8, 4) is 0 Å². The molecule has 1 N–H and O–H groups in total. The van der Waals surface area contributed by atoms with E-state index in [0.717, 1.165) is 32.7 Å². The zero-order valence-electron chi connectivity index (χ0n) is 12.9. The Labute approximate surface area is 119 Å². The SMILES string of the molecule is CCCCCNCCOCCOCCOCCCC. The lowest BCUT2D eigenvalue weighted by Crippen LogP contribution is -2.21. The first kappa shape index (κ1) is 18.8. The minimum absolute atomic E-state index is 0.660. The summed E-state index contributed by atoms with van der Waals surface area (Å²) in [4.78, 5) is 0. The Morgan fingerprint density at radius 1 is 0.579 bits per heavy atom. The highest BCUT2D eigenvalue weighted by Crippen LogP contribution is 1.90. The van der Waals surface area contributed by atoms with Crippen molar-refractivity contribution >= 4 is 0 Å². The van der Waals surface area contributed by atoms with E-state index < -0.39 is 0 Å². The fourth-order valence-corrected chi connectivity index (χ4v) is 1.56. The predicted molar refractivity (Wildman–Crippen MR) is 79.8 cm³/mol. The van der Waals surface area contributed by atoms with E-state index in [1.807, 2.05) is 0 Å². The Morgan fingerprint density at radius 3 is 1.79 bits per heavy atom. The van der Waals surface area contributed by atoms with Crippen molar-refractivity contribution in [1.82, 2.24) is 5.32 Å². The van der Waals surface area contributed by atoms with Crippen LogP contribution in [-0.2, 0) is 14.2 Å². The Morgan fingerprint density at radius 2 is 1.16 bits per heavy atom. The van der Waals surface area contributed by atoms with Crippen LogP contribution >= 0.6 is 0 Å². The quantitative estimate of drug-likeness (QED) is 0.440. The van der Waals surface area contributed by atoms with Gasteiger partial charge in [0.2, 0.25) is 0 Å². The maximum atomic E-state index is 5.46. The second kappa shape index (κ2) is 17.8. The molecule has 0 aliphatic rings. The number of hydrogen-bond donors (Lipinski definition) is 1. The van der Waals surface area contributed by atoms with Crippen LogP contribution in [0.4, 0.5) is 0 Å². The summed E-state index contributed by atoms with van der Waals surface area (Å²) in [5.41, 5.74) is 0. The monoisotopic (exact) mass is 275 g/mol. The van der Waals surface area contributed by atoms with Crippen LogP contribution in [0.15, 0.2) is 0 Å². The average molecular weight is 275 g/mol. The van der Waals surface area contributed by atoms with E-state index >= 15 is 0 Å². The highest BCUT2D eigenvalue weighted by Gasteiger charge is 1.92. The van der Waals surface area contributed by atoms with Gasteiger partial charge in [-0.1, -0.05) is 33.1 Å². The number of ether oxygens (including phenoxy) is 3. The lowest BCUT2D eigenvalue weighted by molar-refractivity contribution is 0.0147. The third kappa shape index (κ3) is 17.8. The van der Waals surface area contributed by atoms with E-state index in [0.29, 0.717) is 26.4 Å². The second-order valence-electron chi connectivity index (χ2n) is 4.65. The minimum atomic E-state index is 0.660. The molecule has 0 rings (SSSR count).